The molecule has 0 aliphatic rings. The quantitative estimate of drug-likeness (QED) is 0.740. The number of furan rings is 1. The Morgan fingerprint density at radius 1 is 1.31 bits per heavy atom. The van der Waals surface area contributed by atoms with Crippen LogP contribution in [-0.2, 0) is 9.84 Å². The molecule has 0 atom stereocenters. The van der Waals surface area contributed by atoms with Gasteiger partial charge in [0.15, 0.2) is 5.76 Å². The topological polar surface area (TPSA) is 73.1 Å². The van der Waals surface area contributed by atoms with Crippen LogP contribution in [-0.4, -0.2) is 24.6 Å². The Morgan fingerprint density at radius 2 is 2.06 bits per heavy atom. The Hall–Kier alpha value is -1.69. The van der Waals surface area contributed by atoms with Crippen LogP contribution < -0.4 is 0 Å². The van der Waals surface area contributed by atoms with Crippen molar-refractivity contribution in [1.29, 1.82) is 0 Å². The molecule has 16 heavy (non-hydrogen) atoms. The largest absolute Gasteiger partial charge is 0.462 e. The molecule has 0 aliphatic heterocycles. The molecule has 0 aliphatic carbocycles. The zero-order valence-electron chi connectivity index (χ0n) is 8.84. The summed E-state index contributed by atoms with van der Waals surface area (Å²) in [7, 11) is -3.39. The third-order valence-electron chi connectivity index (χ3n) is 2.06. The second kappa shape index (κ2) is 3.71. The van der Waals surface area contributed by atoms with Crippen LogP contribution in [0.25, 0.3) is 11.5 Å². The van der Waals surface area contributed by atoms with Gasteiger partial charge in [0.05, 0.1) is 6.26 Å². The molecule has 0 fully saturated rings. The van der Waals surface area contributed by atoms with Crippen LogP contribution in [0.3, 0.4) is 0 Å². The molecule has 0 spiro atoms. The predicted molar refractivity (Wildman–Crippen MR) is 57.6 cm³/mol. The molecule has 0 amide bonds. The number of hydrogen-bond donors (Lipinski definition) is 0. The summed E-state index contributed by atoms with van der Waals surface area (Å²) in [5.41, 5.74) is 1.37. The molecular formula is C10H10N2O3S. The monoisotopic (exact) mass is 238 g/mol. The summed E-state index contributed by atoms with van der Waals surface area (Å²) in [6, 6.07) is 3.40. The summed E-state index contributed by atoms with van der Waals surface area (Å²) in [6.45, 7) is 1.86. The van der Waals surface area contributed by atoms with Gasteiger partial charge in [0.2, 0.25) is 15.0 Å². The fourth-order valence-electron chi connectivity index (χ4n) is 1.28. The highest BCUT2D eigenvalue weighted by Gasteiger charge is 2.14. The van der Waals surface area contributed by atoms with Crippen LogP contribution in [0.4, 0.5) is 0 Å². The van der Waals surface area contributed by atoms with Gasteiger partial charge in [-0.05, 0) is 24.6 Å². The van der Waals surface area contributed by atoms with Crippen LogP contribution in [0.15, 0.2) is 34.2 Å². The Bertz CT molecular complexity index is 616. The maximum absolute atomic E-state index is 11.3. The second-order valence-electron chi connectivity index (χ2n) is 3.43. The Labute approximate surface area is 93.1 Å². The van der Waals surface area contributed by atoms with Gasteiger partial charge in [0.1, 0.15) is 5.69 Å². The van der Waals surface area contributed by atoms with E-state index in [1.807, 2.05) is 6.92 Å². The van der Waals surface area contributed by atoms with Gasteiger partial charge >= 0.3 is 0 Å². The number of nitrogens with zero attached hydrogens (tertiary/aromatic N) is 2. The van der Waals surface area contributed by atoms with Gasteiger partial charge in [-0.15, -0.1) is 0 Å². The van der Waals surface area contributed by atoms with Crippen molar-refractivity contribution in [3.63, 3.8) is 0 Å². The predicted octanol–water partition coefficient (Wildman–Crippen LogP) is 1.45. The highest BCUT2D eigenvalue weighted by molar-refractivity contribution is 7.90. The van der Waals surface area contributed by atoms with E-state index >= 15 is 0 Å². The molecule has 2 rings (SSSR count). The van der Waals surface area contributed by atoms with E-state index in [2.05, 4.69) is 9.97 Å². The van der Waals surface area contributed by atoms with Crippen molar-refractivity contribution >= 4 is 9.84 Å². The highest BCUT2D eigenvalue weighted by atomic mass is 32.2. The minimum absolute atomic E-state index is 0.194. The Morgan fingerprint density at radius 3 is 2.62 bits per heavy atom. The van der Waals surface area contributed by atoms with E-state index in [4.69, 9.17) is 4.42 Å². The number of sulfone groups is 1. The van der Waals surface area contributed by atoms with Gasteiger partial charge in [-0.1, -0.05) is 0 Å². The first-order valence-corrected chi connectivity index (χ1v) is 6.45. The second-order valence-corrected chi connectivity index (χ2v) is 5.34. The Balaban J connectivity index is 2.57. The number of hydrogen-bond acceptors (Lipinski definition) is 5. The van der Waals surface area contributed by atoms with Crippen molar-refractivity contribution in [3.05, 3.63) is 30.2 Å². The minimum atomic E-state index is -3.39. The van der Waals surface area contributed by atoms with Crippen LogP contribution in [0.1, 0.15) is 5.56 Å². The lowest BCUT2D eigenvalue weighted by atomic mass is 10.2. The van der Waals surface area contributed by atoms with E-state index < -0.39 is 9.84 Å². The van der Waals surface area contributed by atoms with Gasteiger partial charge in [-0.25, -0.2) is 18.4 Å². The number of aryl methyl sites for hydroxylation is 1. The van der Waals surface area contributed by atoms with Crippen molar-refractivity contribution in [2.45, 2.75) is 12.1 Å². The van der Waals surface area contributed by atoms with Gasteiger partial charge < -0.3 is 4.42 Å². The molecule has 2 aromatic rings. The summed E-state index contributed by atoms with van der Waals surface area (Å²) in [5, 5.41) is -0.194. The lowest BCUT2D eigenvalue weighted by molar-refractivity contribution is 0.574. The number of rotatable bonds is 2. The molecule has 2 heterocycles. The first-order chi connectivity index (χ1) is 7.48. The fourth-order valence-corrected chi connectivity index (χ4v) is 1.80. The lowest BCUT2D eigenvalue weighted by Crippen LogP contribution is -2.04. The normalized spacial score (nSPS) is 11.6. The van der Waals surface area contributed by atoms with Gasteiger partial charge in [-0.2, -0.15) is 0 Å². The molecule has 0 bridgehead atoms. The molecule has 6 heteroatoms. The van der Waals surface area contributed by atoms with Crippen LogP contribution in [0.2, 0.25) is 0 Å². The average Bonchev–Trinajstić information content (AvgIpc) is 2.63. The van der Waals surface area contributed by atoms with Crippen molar-refractivity contribution in [2.75, 3.05) is 6.26 Å². The molecule has 2 aromatic heterocycles. The highest BCUT2D eigenvalue weighted by Crippen LogP contribution is 2.22. The molecular weight excluding hydrogens is 228 g/mol. The van der Waals surface area contributed by atoms with Crippen LogP contribution in [0, 0.1) is 6.92 Å². The molecule has 0 saturated heterocycles. The standard InChI is InChI=1S/C10H10N2O3S/c1-7-4-6-15-9(7)8-3-5-11-10(12-8)16(2,13)14/h3-6H,1-2H3. The first-order valence-electron chi connectivity index (χ1n) is 4.56. The molecule has 5 nitrogen and oxygen atoms in total. The molecule has 0 aromatic carbocycles. The maximum atomic E-state index is 11.3. The van der Waals surface area contributed by atoms with E-state index in [1.54, 1.807) is 12.1 Å². The maximum Gasteiger partial charge on any atom is 0.247 e. The summed E-state index contributed by atoms with van der Waals surface area (Å²) in [6.07, 6.45) is 4.01. The zero-order chi connectivity index (χ0) is 11.8. The average molecular weight is 238 g/mol. The summed E-state index contributed by atoms with van der Waals surface area (Å²) in [5.74, 6) is 0.562. The molecule has 0 saturated carbocycles. The minimum Gasteiger partial charge on any atom is -0.462 e. The molecule has 84 valence electrons. The van der Waals surface area contributed by atoms with Crippen molar-refractivity contribution in [2.24, 2.45) is 0 Å². The number of aromatic nitrogens is 2. The molecule has 0 unspecified atom stereocenters. The van der Waals surface area contributed by atoms with Gasteiger partial charge in [0, 0.05) is 12.5 Å². The summed E-state index contributed by atoms with van der Waals surface area (Å²) < 4.78 is 27.8. The molecule has 0 radical (unpaired) electrons. The lowest BCUT2D eigenvalue weighted by Gasteiger charge is -2.00. The Kier molecular flexibility index (Phi) is 2.51. The zero-order valence-corrected chi connectivity index (χ0v) is 9.65. The SMILES string of the molecule is Cc1ccoc1-c1ccnc(S(C)(=O)=O)n1. The summed E-state index contributed by atoms with van der Waals surface area (Å²) in [4.78, 5) is 7.66. The van der Waals surface area contributed by atoms with E-state index in [9.17, 15) is 8.42 Å². The van der Waals surface area contributed by atoms with E-state index in [0.29, 0.717) is 11.5 Å². The fraction of sp³-hybridized carbons (Fsp3) is 0.200. The molecule has 0 N–H and O–H groups in total. The third kappa shape index (κ3) is 1.96. The van der Waals surface area contributed by atoms with Gasteiger partial charge in [0.25, 0.3) is 0 Å². The van der Waals surface area contributed by atoms with Crippen molar-refractivity contribution < 1.29 is 12.8 Å². The third-order valence-corrected chi connectivity index (χ3v) is 2.92. The van der Waals surface area contributed by atoms with E-state index in [-0.39, 0.29) is 5.16 Å². The van der Waals surface area contributed by atoms with Crippen molar-refractivity contribution in [1.82, 2.24) is 9.97 Å². The van der Waals surface area contributed by atoms with Crippen molar-refractivity contribution in [3.8, 4) is 11.5 Å². The first kappa shape index (κ1) is 10.8. The van der Waals surface area contributed by atoms with Gasteiger partial charge in [-0.3, -0.25) is 0 Å². The van der Waals surface area contributed by atoms with E-state index in [0.717, 1.165) is 11.8 Å². The van der Waals surface area contributed by atoms with Crippen LogP contribution in [0.5, 0.6) is 0 Å². The smallest absolute Gasteiger partial charge is 0.247 e. The van der Waals surface area contributed by atoms with E-state index in [1.165, 1.54) is 12.5 Å². The van der Waals surface area contributed by atoms with Crippen LogP contribution >= 0.6 is 0 Å². The summed E-state index contributed by atoms with van der Waals surface area (Å²) >= 11 is 0.